The SMILES string of the molecule is CCC1CCC(NC)C(CN2CCC(C)(C)C2)C1. The Morgan fingerprint density at radius 3 is 2.61 bits per heavy atom. The molecule has 3 atom stereocenters. The normalized spacial score (nSPS) is 37.0. The highest BCUT2D eigenvalue weighted by molar-refractivity contribution is 4.89. The molecule has 0 aromatic carbocycles. The third kappa shape index (κ3) is 3.48. The van der Waals surface area contributed by atoms with Gasteiger partial charge in [0.25, 0.3) is 0 Å². The monoisotopic (exact) mass is 252 g/mol. The minimum absolute atomic E-state index is 0.550. The van der Waals surface area contributed by atoms with Gasteiger partial charge in [0, 0.05) is 19.1 Å². The Kier molecular flexibility index (Phi) is 4.71. The van der Waals surface area contributed by atoms with Crippen LogP contribution in [0.4, 0.5) is 0 Å². The highest BCUT2D eigenvalue weighted by Gasteiger charge is 2.34. The smallest absolute Gasteiger partial charge is 0.0105 e. The lowest BCUT2D eigenvalue weighted by Gasteiger charge is -2.38. The van der Waals surface area contributed by atoms with Gasteiger partial charge in [-0.25, -0.2) is 0 Å². The number of rotatable bonds is 4. The maximum atomic E-state index is 3.57. The van der Waals surface area contributed by atoms with Gasteiger partial charge in [-0.3, -0.25) is 0 Å². The van der Waals surface area contributed by atoms with E-state index in [0.29, 0.717) is 5.41 Å². The van der Waals surface area contributed by atoms with Gasteiger partial charge in [-0.2, -0.15) is 0 Å². The topological polar surface area (TPSA) is 15.3 Å². The molecule has 2 nitrogen and oxygen atoms in total. The molecule has 0 aromatic heterocycles. The fraction of sp³-hybridized carbons (Fsp3) is 1.00. The van der Waals surface area contributed by atoms with Crippen molar-refractivity contribution in [1.82, 2.24) is 10.2 Å². The maximum Gasteiger partial charge on any atom is 0.0105 e. The first kappa shape index (κ1) is 14.3. The van der Waals surface area contributed by atoms with E-state index in [1.54, 1.807) is 0 Å². The summed E-state index contributed by atoms with van der Waals surface area (Å²) in [6, 6.07) is 0.761. The first-order valence-electron chi connectivity index (χ1n) is 7.93. The van der Waals surface area contributed by atoms with Crippen LogP contribution in [0.1, 0.15) is 52.9 Å². The summed E-state index contributed by atoms with van der Waals surface area (Å²) in [4.78, 5) is 2.72. The van der Waals surface area contributed by atoms with E-state index in [1.165, 1.54) is 51.7 Å². The van der Waals surface area contributed by atoms with Gasteiger partial charge in [-0.15, -0.1) is 0 Å². The van der Waals surface area contributed by atoms with Gasteiger partial charge in [0.2, 0.25) is 0 Å². The minimum atomic E-state index is 0.550. The summed E-state index contributed by atoms with van der Waals surface area (Å²) in [6.07, 6.45) is 7.01. The molecule has 18 heavy (non-hydrogen) atoms. The number of hydrogen-bond donors (Lipinski definition) is 1. The van der Waals surface area contributed by atoms with Gasteiger partial charge in [0.05, 0.1) is 0 Å². The van der Waals surface area contributed by atoms with Crippen LogP contribution in [-0.2, 0) is 0 Å². The lowest BCUT2D eigenvalue weighted by molar-refractivity contribution is 0.149. The van der Waals surface area contributed by atoms with Gasteiger partial charge >= 0.3 is 0 Å². The predicted octanol–water partition coefficient (Wildman–Crippen LogP) is 3.13. The van der Waals surface area contributed by atoms with Crippen LogP contribution in [0.3, 0.4) is 0 Å². The van der Waals surface area contributed by atoms with Crippen molar-refractivity contribution in [3.63, 3.8) is 0 Å². The van der Waals surface area contributed by atoms with Crippen LogP contribution < -0.4 is 5.32 Å². The van der Waals surface area contributed by atoms with Crippen LogP contribution in [0, 0.1) is 17.3 Å². The second-order valence-corrected chi connectivity index (χ2v) is 7.39. The average Bonchev–Trinajstić information content (AvgIpc) is 2.68. The molecule has 1 heterocycles. The van der Waals surface area contributed by atoms with Crippen LogP contribution >= 0.6 is 0 Å². The number of nitrogens with one attached hydrogen (secondary N) is 1. The lowest BCUT2D eigenvalue weighted by atomic mass is 9.76. The lowest BCUT2D eigenvalue weighted by Crippen LogP contribution is -2.44. The van der Waals surface area contributed by atoms with E-state index >= 15 is 0 Å². The molecule has 0 bridgehead atoms. The van der Waals surface area contributed by atoms with Gasteiger partial charge in [0.15, 0.2) is 0 Å². The van der Waals surface area contributed by atoms with Crippen LogP contribution in [-0.4, -0.2) is 37.6 Å². The van der Waals surface area contributed by atoms with Crippen LogP contribution in [0.25, 0.3) is 0 Å². The fourth-order valence-electron chi connectivity index (χ4n) is 4.03. The quantitative estimate of drug-likeness (QED) is 0.827. The minimum Gasteiger partial charge on any atom is -0.317 e. The van der Waals surface area contributed by atoms with E-state index in [0.717, 1.165) is 17.9 Å². The summed E-state index contributed by atoms with van der Waals surface area (Å²) in [5, 5.41) is 3.57. The van der Waals surface area contributed by atoms with E-state index in [4.69, 9.17) is 0 Å². The van der Waals surface area contributed by atoms with Gasteiger partial charge in [0.1, 0.15) is 0 Å². The Hall–Kier alpha value is -0.0800. The summed E-state index contributed by atoms with van der Waals surface area (Å²) >= 11 is 0. The molecule has 2 rings (SSSR count). The standard InChI is InChI=1S/C16H32N2/c1-5-13-6-7-15(17-4)14(10-13)11-18-9-8-16(2,3)12-18/h13-15,17H,5-12H2,1-4H3. The summed E-state index contributed by atoms with van der Waals surface area (Å²) in [6.45, 7) is 11.1. The molecule has 0 amide bonds. The Morgan fingerprint density at radius 1 is 1.28 bits per heavy atom. The van der Waals surface area contributed by atoms with Gasteiger partial charge in [-0.1, -0.05) is 27.2 Å². The predicted molar refractivity (Wildman–Crippen MR) is 78.8 cm³/mol. The average molecular weight is 252 g/mol. The largest absolute Gasteiger partial charge is 0.317 e. The molecule has 1 aliphatic carbocycles. The van der Waals surface area contributed by atoms with Crippen molar-refractivity contribution in [2.75, 3.05) is 26.7 Å². The first-order valence-corrected chi connectivity index (χ1v) is 7.93. The van der Waals surface area contributed by atoms with Crippen molar-refractivity contribution in [3.05, 3.63) is 0 Å². The summed E-state index contributed by atoms with van der Waals surface area (Å²) < 4.78 is 0. The van der Waals surface area contributed by atoms with E-state index in [9.17, 15) is 0 Å². The summed E-state index contributed by atoms with van der Waals surface area (Å²) in [7, 11) is 2.15. The Balaban J connectivity index is 1.89. The number of hydrogen-bond acceptors (Lipinski definition) is 2. The van der Waals surface area contributed by atoms with Crippen molar-refractivity contribution in [1.29, 1.82) is 0 Å². The van der Waals surface area contributed by atoms with Crippen LogP contribution in [0.15, 0.2) is 0 Å². The van der Waals surface area contributed by atoms with Crippen LogP contribution in [0.2, 0.25) is 0 Å². The zero-order valence-corrected chi connectivity index (χ0v) is 12.8. The Labute approximate surface area is 114 Å². The summed E-state index contributed by atoms with van der Waals surface area (Å²) in [5.41, 5.74) is 0.550. The highest BCUT2D eigenvalue weighted by atomic mass is 15.2. The third-order valence-electron chi connectivity index (χ3n) is 5.29. The third-order valence-corrected chi connectivity index (χ3v) is 5.29. The molecular formula is C16H32N2. The van der Waals surface area contributed by atoms with E-state index < -0.39 is 0 Å². The first-order chi connectivity index (χ1) is 8.54. The molecule has 0 radical (unpaired) electrons. The molecule has 1 saturated heterocycles. The van der Waals surface area contributed by atoms with Crippen molar-refractivity contribution in [2.45, 2.75) is 58.9 Å². The van der Waals surface area contributed by atoms with Crippen LogP contribution in [0.5, 0.6) is 0 Å². The maximum absolute atomic E-state index is 3.57. The molecule has 2 fully saturated rings. The van der Waals surface area contributed by atoms with E-state index in [1.807, 2.05) is 0 Å². The molecule has 2 aliphatic rings. The Bertz CT molecular complexity index is 262. The number of nitrogens with zero attached hydrogens (tertiary/aromatic N) is 1. The molecule has 1 N–H and O–H groups in total. The molecule has 0 spiro atoms. The number of likely N-dealkylation sites (tertiary alicyclic amines) is 1. The van der Waals surface area contributed by atoms with Crippen molar-refractivity contribution < 1.29 is 0 Å². The molecule has 2 heteroatoms. The van der Waals surface area contributed by atoms with Gasteiger partial charge in [-0.05, 0) is 56.5 Å². The molecule has 1 aliphatic heterocycles. The zero-order chi connectivity index (χ0) is 13.2. The van der Waals surface area contributed by atoms with Crippen molar-refractivity contribution in [3.8, 4) is 0 Å². The highest BCUT2D eigenvalue weighted by Crippen LogP contribution is 2.34. The molecule has 3 unspecified atom stereocenters. The zero-order valence-electron chi connectivity index (χ0n) is 12.8. The second kappa shape index (κ2) is 5.92. The fourth-order valence-corrected chi connectivity index (χ4v) is 4.03. The van der Waals surface area contributed by atoms with Crippen molar-refractivity contribution in [2.24, 2.45) is 17.3 Å². The second-order valence-electron chi connectivity index (χ2n) is 7.39. The Morgan fingerprint density at radius 2 is 2.06 bits per heavy atom. The van der Waals surface area contributed by atoms with E-state index in [-0.39, 0.29) is 0 Å². The molecule has 0 aromatic rings. The molecular weight excluding hydrogens is 220 g/mol. The molecule has 106 valence electrons. The summed E-state index contributed by atoms with van der Waals surface area (Å²) in [5.74, 6) is 1.86. The van der Waals surface area contributed by atoms with E-state index in [2.05, 4.69) is 38.0 Å². The van der Waals surface area contributed by atoms with Crippen molar-refractivity contribution >= 4 is 0 Å². The molecule has 1 saturated carbocycles. The van der Waals surface area contributed by atoms with Gasteiger partial charge < -0.3 is 10.2 Å².